The van der Waals surface area contributed by atoms with Crippen molar-refractivity contribution >= 4 is 11.9 Å². The van der Waals surface area contributed by atoms with Crippen LogP contribution in [0.2, 0.25) is 0 Å². The second kappa shape index (κ2) is 8.15. The number of carboxylic acid groups (broad SMARTS) is 1. The molecule has 0 heterocycles. The number of hydrogen-bond acceptors (Lipinski definition) is 3. The molecule has 0 rings (SSSR count). The summed E-state index contributed by atoms with van der Waals surface area (Å²) in [7, 11) is 1.59. The van der Waals surface area contributed by atoms with Crippen molar-refractivity contribution in [2.45, 2.75) is 53.0 Å². The molecule has 1 amide bonds. The molecule has 112 valence electrons. The van der Waals surface area contributed by atoms with Gasteiger partial charge in [-0.25, -0.2) is 0 Å². The first-order valence-electron chi connectivity index (χ1n) is 6.86. The lowest BCUT2D eigenvalue weighted by Crippen LogP contribution is -2.43. The van der Waals surface area contributed by atoms with Gasteiger partial charge >= 0.3 is 5.97 Å². The van der Waals surface area contributed by atoms with Gasteiger partial charge in [0.05, 0.1) is 12.0 Å². The summed E-state index contributed by atoms with van der Waals surface area (Å²) in [5, 5.41) is 9.37. The van der Waals surface area contributed by atoms with Crippen molar-refractivity contribution in [1.29, 1.82) is 0 Å². The van der Waals surface area contributed by atoms with E-state index >= 15 is 0 Å². The summed E-state index contributed by atoms with van der Waals surface area (Å²) in [4.78, 5) is 25.5. The van der Waals surface area contributed by atoms with E-state index in [1.807, 2.05) is 27.7 Å². The molecule has 0 radical (unpaired) electrons. The van der Waals surface area contributed by atoms with Gasteiger partial charge in [-0.1, -0.05) is 13.8 Å². The second-order valence-corrected chi connectivity index (χ2v) is 5.14. The topological polar surface area (TPSA) is 66.8 Å². The zero-order valence-electron chi connectivity index (χ0n) is 12.7. The fourth-order valence-corrected chi connectivity index (χ4v) is 2.13. The Bertz CT molecular complexity index is 298. The Morgan fingerprint density at radius 3 is 2.11 bits per heavy atom. The monoisotopic (exact) mass is 273 g/mol. The van der Waals surface area contributed by atoms with Gasteiger partial charge in [0, 0.05) is 26.1 Å². The van der Waals surface area contributed by atoms with E-state index in [0.29, 0.717) is 26.0 Å². The minimum atomic E-state index is -0.947. The van der Waals surface area contributed by atoms with Crippen molar-refractivity contribution in [2.24, 2.45) is 5.41 Å². The molecule has 0 aliphatic heterocycles. The molecular formula is C14H27NO4. The number of carbonyl (C=O) groups is 2. The second-order valence-electron chi connectivity index (χ2n) is 5.14. The van der Waals surface area contributed by atoms with E-state index in [1.54, 1.807) is 12.0 Å². The van der Waals surface area contributed by atoms with Crippen molar-refractivity contribution < 1.29 is 19.4 Å². The number of carbonyl (C=O) groups excluding carboxylic acids is 1. The molecule has 0 fully saturated rings. The Kier molecular flexibility index (Phi) is 7.68. The number of rotatable bonds is 9. The highest BCUT2D eigenvalue weighted by Crippen LogP contribution is 2.32. The quantitative estimate of drug-likeness (QED) is 0.699. The minimum absolute atomic E-state index is 0.0443. The third-order valence-electron chi connectivity index (χ3n) is 3.78. The Labute approximate surface area is 115 Å². The van der Waals surface area contributed by atoms with Crippen LogP contribution >= 0.6 is 0 Å². The van der Waals surface area contributed by atoms with E-state index in [9.17, 15) is 14.7 Å². The molecule has 0 aromatic carbocycles. The van der Waals surface area contributed by atoms with Crippen LogP contribution in [0.3, 0.4) is 0 Å². The normalized spacial score (nSPS) is 11.7. The fourth-order valence-electron chi connectivity index (χ4n) is 2.13. The molecule has 0 atom stereocenters. The summed E-state index contributed by atoms with van der Waals surface area (Å²) < 4.78 is 4.99. The lowest BCUT2D eigenvalue weighted by molar-refractivity contribution is -0.155. The summed E-state index contributed by atoms with van der Waals surface area (Å²) in [6.45, 7) is 8.44. The molecule has 0 aliphatic rings. The van der Waals surface area contributed by atoms with Gasteiger partial charge in [-0.05, 0) is 26.7 Å². The first-order valence-corrected chi connectivity index (χ1v) is 6.86. The van der Waals surface area contributed by atoms with E-state index in [-0.39, 0.29) is 18.4 Å². The molecule has 0 aromatic heterocycles. The van der Waals surface area contributed by atoms with Gasteiger partial charge in [-0.3, -0.25) is 9.59 Å². The number of nitrogens with zero attached hydrogens (tertiary/aromatic N) is 1. The fraction of sp³-hybridized carbons (Fsp3) is 0.857. The Hall–Kier alpha value is -1.10. The predicted octanol–water partition coefficient (Wildman–Crippen LogP) is 2.15. The molecule has 0 bridgehead atoms. The van der Waals surface area contributed by atoms with Crippen LogP contribution in [0.4, 0.5) is 0 Å². The SMILES string of the molecule is CCC(CC)(CC(=O)N(CCOC)C(C)C)C(=O)O. The molecule has 0 saturated heterocycles. The van der Waals surface area contributed by atoms with E-state index < -0.39 is 11.4 Å². The maximum atomic E-state index is 12.3. The van der Waals surface area contributed by atoms with Crippen molar-refractivity contribution in [1.82, 2.24) is 4.90 Å². The molecule has 1 N–H and O–H groups in total. The maximum Gasteiger partial charge on any atom is 0.310 e. The highest BCUT2D eigenvalue weighted by atomic mass is 16.5. The first-order chi connectivity index (χ1) is 8.84. The summed E-state index contributed by atoms with van der Waals surface area (Å²) in [6, 6.07) is 0.0443. The van der Waals surface area contributed by atoms with Crippen molar-refractivity contribution in [3.05, 3.63) is 0 Å². The largest absolute Gasteiger partial charge is 0.481 e. The van der Waals surface area contributed by atoms with Crippen LogP contribution in [0.5, 0.6) is 0 Å². The number of amides is 1. The molecule has 5 nitrogen and oxygen atoms in total. The van der Waals surface area contributed by atoms with Crippen molar-refractivity contribution in [3.63, 3.8) is 0 Å². The van der Waals surface area contributed by atoms with Gasteiger partial charge in [0.1, 0.15) is 0 Å². The first kappa shape index (κ1) is 17.9. The lowest BCUT2D eigenvalue weighted by atomic mass is 9.79. The van der Waals surface area contributed by atoms with Crippen LogP contribution < -0.4 is 0 Å². The van der Waals surface area contributed by atoms with Gasteiger partial charge in [-0.2, -0.15) is 0 Å². The Morgan fingerprint density at radius 2 is 1.79 bits per heavy atom. The van der Waals surface area contributed by atoms with Crippen molar-refractivity contribution in [3.8, 4) is 0 Å². The van der Waals surface area contributed by atoms with E-state index in [4.69, 9.17) is 4.74 Å². The highest BCUT2D eigenvalue weighted by Gasteiger charge is 2.38. The van der Waals surface area contributed by atoms with Crippen LogP contribution in [0, 0.1) is 5.41 Å². The number of carboxylic acids is 1. The smallest absolute Gasteiger partial charge is 0.310 e. The van der Waals surface area contributed by atoms with Crippen LogP contribution in [0.1, 0.15) is 47.0 Å². The van der Waals surface area contributed by atoms with Crippen LogP contribution in [0.25, 0.3) is 0 Å². The number of ether oxygens (including phenoxy) is 1. The van der Waals surface area contributed by atoms with Gasteiger partial charge in [0.2, 0.25) is 5.91 Å². The molecular weight excluding hydrogens is 246 g/mol. The highest BCUT2D eigenvalue weighted by molar-refractivity contribution is 5.85. The average Bonchev–Trinajstić information content (AvgIpc) is 2.35. The van der Waals surface area contributed by atoms with E-state index in [0.717, 1.165) is 0 Å². The van der Waals surface area contributed by atoms with Crippen LogP contribution in [0.15, 0.2) is 0 Å². The average molecular weight is 273 g/mol. The third kappa shape index (κ3) is 4.82. The van der Waals surface area contributed by atoms with Gasteiger partial charge < -0.3 is 14.7 Å². The van der Waals surface area contributed by atoms with E-state index in [1.165, 1.54) is 0 Å². The Balaban J connectivity index is 4.90. The van der Waals surface area contributed by atoms with Crippen LogP contribution in [-0.2, 0) is 14.3 Å². The predicted molar refractivity (Wildman–Crippen MR) is 74.0 cm³/mol. The molecule has 0 aliphatic carbocycles. The minimum Gasteiger partial charge on any atom is -0.481 e. The van der Waals surface area contributed by atoms with Gasteiger partial charge in [0.25, 0.3) is 0 Å². The number of methoxy groups -OCH3 is 1. The molecule has 5 heteroatoms. The number of hydrogen-bond donors (Lipinski definition) is 1. The maximum absolute atomic E-state index is 12.3. The molecule has 0 unspecified atom stereocenters. The molecule has 0 aromatic rings. The summed E-state index contributed by atoms with van der Waals surface area (Å²) >= 11 is 0. The zero-order chi connectivity index (χ0) is 15.1. The van der Waals surface area contributed by atoms with Gasteiger partial charge in [-0.15, -0.1) is 0 Å². The lowest BCUT2D eigenvalue weighted by Gasteiger charge is -2.32. The summed E-state index contributed by atoms with van der Waals surface area (Å²) in [5.41, 5.74) is -0.947. The van der Waals surface area contributed by atoms with Crippen molar-refractivity contribution in [2.75, 3.05) is 20.3 Å². The zero-order valence-corrected chi connectivity index (χ0v) is 12.7. The molecule has 0 saturated carbocycles. The summed E-state index contributed by atoms with van der Waals surface area (Å²) in [5.74, 6) is -1.00. The van der Waals surface area contributed by atoms with Crippen LogP contribution in [-0.4, -0.2) is 48.2 Å². The molecule has 19 heavy (non-hydrogen) atoms. The van der Waals surface area contributed by atoms with E-state index in [2.05, 4.69) is 0 Å². The molecule has 0 spiro atoms. The summed E-state index contributed by atoms with van der Waals surface area (Å²) in [6.07, 6.45) is 0.971. The Morgan fingerprint density at radius 1 is 1.26 bits per heavy atom. The third-order valence-corrected chi connectivity index (χ3v) is 3.78. The standard InChI is InChI=1S/C14H27NO4/c1-6-14(7-2,13(17)18)10-12(16)15(11(3)4)8-9-19-5/h11H,6-10H2,1-5H3,(H,17,18). The van der Waals surface area contributed by atoms with Gasteiger partial charge in [0.15, 0.2) is 0 Å². The number of aliphatic carboxylic acids is 1.